The number of amides is 1. The van der Waals surface area contributed by atoms with E-state index >= 15 is 0 Å². The summed E-state index contributed by atoms with van der Waals surface area (Å²) in [4.78, 5) is 12.7. The second-order valence-electron chi connectivity index (χ2n) is 7.46. The number of hydrogen-bond acceptors (Lipinski definition) is 4. The number of ether oxygens (including phenoxy) is 1. The van der Waals surface area contributed by atoms with Crippen LogP contribution in [0.4, 0.5) is 5.69 Å². The second-order valence-corrected chi connectivity index (χ2v) is 9.32. The summed E-state index contributed by atoms with van der Waals surface area (Å²) in [5.74, 6) is 0.539. The van der Waals surface area contributed by atoms with E-state index in [1.165, 1.54) is 4.31 Å². The van der Waals surface area contributed by atoms with Crippen molar-refractivity contribution in [1.82, 2.24) is 5.32 Å². The molecule has 0 bridgehead atoms. The Morgan fingerprint density at radius 1 is 1.17 bits per heavy atom. The SMILES string of the molecule is CCOc1ccccc1CCCNC(=O)[C@H](C)N(c1cc(C)ccc1C)S(C)(=O)=O. The highest BCUT2D eigenvalue weighted by Gasteiger charge is 2.30. The molecule has 0 aromatic heterocycles. The molecule has 2 aromatic carbocycles. The van der Waals surface area contributed by atoms with Crippen LogP contribution in [-0.2, 0) is 21.2 Å². The number of carbonyl (C=O) groups excluding carboxylic acids is 1. The van der Waals surface area contributed by atoms with E-state index in [1.54, 1.807) is 13.0 Å². The van der Waals surface area contributed by atoms with Gasteiger partial charge in [0.05, 0.1) is 18.6 Å². The van der Waals surface area contributed by atoms with Crippen LogP contribution in [0.3, 0.4) is 0 Å². The van der Waals surface area contributed by atoms with Crippen LogP contribution in [0.5, 0.6) is 5.75 Å². The van der Waals surface area contributed by atoms with Gasteiger partial charge in [0.2, 0.25) is 15.9 Å². The summed E-state index contributed by atoms with van der Waals surface area (Å²) in [7, 11) is -3.63. The van der Waals surface area contributed by atoms with Gasteiger partial charge in [-0.25, -0.2) is 8.42 Å². The first-order chi connectivity index (χ1) is 14.1. The predicted molar refractivity (Wildman–Crippen MR) is 122 cm³/mol. The summed E-state index contributed by atoms with van der Waals surface area (Å²) in [6.45, 7) is 8.35. The number of aryl methyl sites for hydroxylation is 3. The lowest BCUT2D eigenvalue weighted by molar-refractivity contribution is -0.121. The normalized spacial score (nSPS) is 12.3. The minimum absolute atomic E-state index is 0.320. The molecule has 0 aliphatic rings. The molecule has 1 amide bonds. The van der Waals surface area contributed by atoms with Gasteiger partial charge in [0.1, 0.15) is 11.8 Å². The molecule has 0 heterocycles. The standard InChI is InChI=1S/C23H32N2O4S/c1-6-29-22-12-8-7-10-20(22)11-9-15-24-23(26)19(4)25(30(5,27)28)21-16-17(2)13-14-18(21)3/h7-8,10,12-14,16,19H,6,9,11,15H2,1-5H3,(H,24,26)/t19-/m0/s1. The van der Waals surface area contributed by atoms with Gasteiger partial charge in [0, 0.05) is 6.54 Å². The van der Waals surface area contributed by atoms with Gasteiger partial charge < -0.3 is 10.1 Å². The molecule has 30 heavy (non-hydrogen) atoms. The minimum Gasteiger partial charge on any atom is -0.494 e. The number of hydrogen-bond donors (Lipinski definition) is 1. The third-order valence-corrected chi connectivity index (χ3v) is 6.11. The van der Waals surface area contributed by atoms with Crippen LogP contribution >= 0.6 is 0 Å². The third kappa shape index (κ3) is 6.23. The Hall–Kier alpha value is -2.54. The van der Waals surface area contributed by atoms with Gasteiger partial charge in [0.25, 0.3) is 0 Å². The van der Waals surface area contributed by atoms with E-state index in [9.17, 15) is 13.2 Å². The predicted octanol–water partition coefficient (Wildman–Crippen LogP) is 3.61. The summed E-state index contributed by atoms with van der Waals surface area (Å²) >= 11 is 0. The quantitative estimate of drug-likeness (QED) is 0.582. The molecule has 1 N–H and O–H groups in total. The lowest BCUT2D eigenvalue weighted by Gasteiger charge is -2.29. The zero-order valence-corrected chi connectivity index (χ0v) is 19.3. The molecule has 0 radical (unpaired) electrons. The van der Waals surface area contributed by atoms with Crippen molar-refractivity contribution in [3.63, 3.8) is 0 Å². The maximum absolute atomic E-state index is 12.7. The van der Waals surface area contributed by atoms with Crippen molar-refractivity contribution in [3.8, 4) is 5.75 Å². The van der Waals surface area contributed by atoms with Gasteiger partial charge in [0.15, 0.2) is 0 Å². The fourth-order valence-corrected chi connectivity index (χ4v) is 4.61. The number of para-hydroxylation sites is 1. The molecule has 0 aliphatic carbocycles. The number of rotatable bonds is 10. The van der Waals surface area contributed by atoms with Crippen molar-refractivity contribution >= 4 is 21.6 Å². The van der Waals surface area contributed by atoms with Crippen LogP contribution in [0.15, 0.2) is 42.5 Å². The maximum atomic E-state index is 12.7. The molecule has 164 valence electrons. The van der Waals surface area contributed by atoms with Gasteiger partial charge in [-0.2, -0.15) is 0 Å². The molecule has 2 aromatic rings. The number of carbonyl (C=O) groups is 1. The largest absolute Gasteiger partial charge is 0.494 e. The first-order valence-corrected chi connectivity index (χ1v) is 12.0. The van der Waals surface area contributed by atoms with E-state index in [-0.39, 0.29) is 5.91 Å². The molecule has 6 nitrogen and oxygen atoms in total. The molecule has 0 unspecified atom stereocenters. The molecular formula is C23H32N2O4S. The minimum atomic E-state index is -3.63. The van der Waals surface area contributed by atoms with Crippen LogP contribution in [0.2, 0.25) is 0 Å². The average molecular weight is 433 g/mol. The Labute approximate surface area is 180 Å². The van der Waals surface area contributed by atoms with Gasteiger partial charge in [-0.05, 0) is 69.4 Å². The Morgan fingerprint density at radius 2 is 1.87 bits per heavy atom. The summed E-state index contributed by atoms with van der Waals surface area (Å²) in [6, 6.07) is 12.6. The number of nitrogens with one attached hydrogen (secondary N) is 1. The molecule has 0 spiro atoms. The molecule has 7 heteroatoms. The highest BCUT2D eigenvalue weighted by atomic mass is 32.2. The van der Waals surface area contributed by atoms with E-state index in [0.717, 1.165) is 41.5 Å². The van der Waals surface area contributed by atoms with Crippen LogP contribution < -0.4 is 14.4 Å². The van der Waals surface area contributed by atoms with Crippen molar-refractivity contribution in [2.75, 3.05) is 23.7 Å². The summed E-state index contributed by atoms with van der Waals surface area (Å²) in [5.41, 5.74) is 3.36. The van der Waals surface area contributed by atoms with Crippen LogP contribution in [0, 0.1) is 13.8 Å². The van der Waals surface area contributed by atoms with Crippen molar-refractivity contribution in [2.45, 2.75) is 46.6 Å². The second kappa shape index (κ2) is 10.5. The fraction of sp³-hybridized carbons (Fsp3) is 0.435. The topological polar surface area (TPSA) is 75.7 Å². The summed E-state index contributed by atoms with van der Waals surface area (Å²) in [5, 5.41) is 2.87. The highest BCUT2D eigenvalue weighted by molar-refractivity contribution is 7.92. The monoisotopic (exact) mass is 432 g/mol. The first-order valence-electron chi connectivity index (χ1n) is 10.2. The van der Waals surface area contributed by atoms with Crippen molar-refractivity contribution in [1.29, 1.82) is 0 Å². The van der Waals surface area contributed by atoms with E-state index in [1.807, 2.05) is 57.2 Å². The molecule has 0 aliphatic heterocycles. The van der Waals surface area contributed by atoms with Crippen LogP contribution in [-0.4, -0.2) is 39.8 Å². The number of benzene rings is 2. The molecule has 2 rings (SSSR count). The molecule has 1 atom stereocenters. The van der Waals surface area contributed by atoms with E-state index in [2.05, 4.69) is 5.32 Å². The number of nitrogens with zero attached hydrogens (tertiary/aromatic N) is 1. The van der Waals surface area contributed by atoms with Crippen molar-refractivity contribution < 1.29 is 17.9 Å². The Kier molecular flexibility index (Phi) is 8.29. The molecule has 0 fully saturated rings. The average Bonchev–Trinajstić information content (AvgIpc) is 2.68. The maximum Gasteiger partial charge on any atom is 0.243 e. The zero-order valence-electron chi connectivity index (χ0n) is 18.4. The van der Waals surface area contributed by atoms with Gasteiger partial charge >= 0.3 is 0 Å². The third-order valence-electron chi connectivity index (χ3n) is 4.89. The Balaban J connectivity index is 2.04. The summed E-state index contributed by atoms with van der Waals surface area (Å²) in [6.07, 6.45) is 2.62. The smallest absolute Gasteiger partial charge is 0.243 e. The number of anilines is 1. The molecule has 0 saturated heterocycles. The number of sulfonamides is 1. The highest BCUT2D eigenvalue weighted by Crippen LogP contribution is 2.26. The Bertz CT molecular complexity index is 973. The lowest BCUT2D eigenvalue weighted by atomic mass is 10.1. The molecule has 0 saturated carbocycles. The first kappa shape index (κ1) is 23.7. The van der Waals surface area contributed by atoms with Gasteiger partial charge in [-0.3, -0.25) is 9.10 Å². The van der Waals surface area contributed by atoms with Gasteiger partial charge in [-0.15, -0.1) is 0 Å². The fourth-order valence-electron chi connectivity index (χ4n) is 3.38. The van der Waals surface area contributed by atoms with Crippen LogP contribution in [0.25, 0.3) is 0 Å². The zero-order chi connectivity index (χ0) is 22.3. The van der Waals surface area contributed by atoms with E-state index in [4.69, 9.17) is 4.74 Å². The van der Waals surface area contributed by atoms with Crippen molar-refractivity contribution in [2.24, 2.45) is 0 Å². The van der Waals surface area contributed by atoms with Crippen LogP contribution in [0.1, 0.15) is 37.0 Å². The summed E-state index contributed by atoms with van der Waals surface area (Å²) < 4.78 is 31.8. The van der Waals surface area contributed by atoms with E-state index in [0.29, 0.717) is 18.8 Å². The van der Waals surface area contributed by atoms with E-state index < -0.39 is 16.1 Å². The Morgan fingerprint density at radius 3 is 2.53 bits per heavy atom. The lowest BCUT2D eigenvalue weighted by Crippen LogP contribution is -2.48. The molecular weight excluding hydrogens is 400 g/mol. The van der Waals surface area contributed by atoms with Crippen molar-refractivity contribution in [3.05, 3.63) is 59.2 Å². The van der Waals surface area contributed by atoms with Gasteiger partial charge in [-0.1, -0.05) is 30.3 Å².